The van der Waals surface area contributed by atoms with Crippen molar-refractivity contribution in [2.24, 2.45) is 5.41 Å². The van der Waals surface area contributed by atoms with Gasteiger partial charge >= 0.3 is 5.97 Å². The minimum Gasteiger partial charge on any atom is -0.482 e. The second-order valence-corrected chi connectivity index (χ2v) is 6.21. The number of hydrogen-bond donors (Lipinski definition) is 2. The zero-order valence-corrected chi connectivity index (χ0v) is 13.5. The highest BCUT2D eigenvalue weighted by Crippen LogP contribution is 2.49. The highest BCUT2D eigenvalue weighted by molar-refractivity contribution is 5.97. The molecule has 1 fully saturated rings. The van der Waals surface area contributed by atoms with Crippen LogP contribution in [0, 0.1) is 11.2 Å². The number of aliphatic carboxylic acids is 1. The lowest BCUT2D eigenvalue weighted by atomic mass is 9.95. The molecule has 0 bridgehead atoms. The molecule has 1 aliphatic carbocycles. The molecule has 25 heavy (non-hydrogen) atoms. The molecule has 0 spiro atoms. The van der Waals surface area contributed by atoms with Gasteiger partial charge in [-0.3, -0.25) is 4.79 Å². The minimum atomic E-state index is -1.07. The Hall–Kier alpha value is -2.89. The first kappa shape index (κ1) is 17.0. The van der Waals surface area contributed by atoms with E-state index in [0.717, 1.165) is 0 Å². The van der Waals surface area contributed by atoms with Crippen molar-refractivity contribution in [3.8, 4) is 5.75 Å². The third kappa shape index (κ3) is 4.15. The Morgan fingerprint density at radius 3 is 2.60 bits per heavy atom. The van der Waals surface area contributed by atoms with Crippen LogP contribution in [-0.4, -0.2) is 23.6 Å². The highest BCUT2D eigenvalue weighted by Gasteiger charge is 2.50. The van der Waals surface area contributed by atoms with Crippen molar-refractivity contribution < 1.29 is 23.8 Å². The summed E-state index contributed by atoms with van der Waals surface area (Å²) in [5.74, 6) is -1.17. The summed E-state index contributed by atoms with van der Waals surface area (Å²) in [6.45, 7) is -0.450. The standard InChI is InChI=1S/C19H18FNO4/c20-16-7-2-1-4-13(16)11-19(8-9-19)18(24)21-14-5-3-6-15(10-14)25-12-17(22)23/h1-7,10H,8-9,11-12H2,(H,21,24)(H,22,23). The smallest absolute Gasteiger partial charge is 0.341 e. The number of hydrogen-bond acceptors (Lipinski definition) is 3. The van der Waals surface area contributed by atoms with E-state index >= 15 is 0 Å². The lowest BCUT2D eigenvalue weighted by Gasteiger charge is -2.16. The summed E-state index contributed by atoms with van der Waals surface area (Å²) < 4.78 is 18.9. The molecular weight excluding hydrogens is 325 g/mol. The fourth-order valence-corrected chi connectivity index (χ4v) is 2.71. The summed E-state index contributed by atoms with van der Waals surface area (Å²) in [7, 11) is 0. The van der Waals surface area contributed by atoms with Gasteiger partial charge in [-0.15, -0.1) is 0 Å². The van der Waals surface area contributed by atoms with Gasteiger partial charge in [0.1, 0.15) is 11.6 Å². The fourth-order valence-electron chi connectivity index (χ4n) is 2.71. The molecule has 3 rings (SSSR count). The van der Waals surface area contributed by atoms with E-state index in [9.17, 15) is 14.0 Å². The van der Waals surface area contributed by atoms with Crippen LogP contribution in [0.2, 0.25) is 0 Å². The van der Waals surface area contributed by atoms with E-state index in [1.807, 2.05) is 0 Å². The molecule has 2 N–H and O–H groups in total. The first-order chi connectivity index (χ1) is 12.0. The van der Waals surface area contributed by atoms with Gasteiger partial charge in [-0.2, -0.15) is 0 Å². The molecule has 5 nitrogen and oxygen atoms in total. The molecule has 0 unspecified atom stereocenters. The summed E-state index contributed by atoms with van der Waals surface area (Å²) >= 11 is 0. The van der Waals surface area contributed by atoms with Crippen molar-refractivity contribution in [1.29, 1.82) is 0 Å². The van der Waals surface area contributed by atoms with Crippen LogP contribution in [0.15, 0.2) is 48.5 Å². The molecule has 0 saturated heterocycles. The van der Waals surface area contributed by atoms with Crippen molar-refractivity contribution in [3.63, 3.8) is 0 Å². The molecule has 1 aliphatic rings. The summed E-state index contributed by atoms with van der Waals surface area (Å²) in [6.07, 6.45) is 1.78. The summed E-state index contributed by atoms with van der Waals surface area (Å²) in [5.41, 5.74) is 0.474. The lowest BCUT2D eigenvalue weighted by molar-refractivity contribution is -0.139. The predicted octanol–water partition coefficient (Wildman–Crippen LogP) is 3.25. The lowest BCUT2D eigenvalue weighted by Crippen LogP contribution is -2.26. The van der Waals surface area contributed by atoms with Crippen molar-refractivity contribution in [1.82, 2.24) is 0 Å². The maximum atomic E-state index is 13.8. The van der Waals surface area contributed by atoms with E-state index in [2.05, 4.69) is 5.32 Å². The van der Waals surface area contributed by atoms with Gasteiger partial charge < -0.3 is 15.2 Å². The third-order valence-corrected chi connectivity index (χ3v) is 4.28. The SMILES string of the molecule is O=C(O)COc1cccc(NC(=O)C2(Cc3ccccc3F)CC2)c1. The summed E-state index contributed by atoms with van der Waals surface area (Å²) in [4.78, 5) is 23.2. The predicted molar refractivity (Wildman–Crippen MR) is 90.0 cm³/mol. The van der Waals surface area contributed by atoms with Crippen LogP contribution >= 0.6 is 0 Å². The Kier molecular flexibility index (Phi) is 4.70. The van der Waals surface area contributed by atoms with E-state index in [0.29, 0.717) is 36.3 Å². The monoisotopic (exact) mass is 343 g/mol. The first-order valence-corrected chi connectivity index (χ1v) is 7.98. The van der Waals surface area contributed by atoms with Crippen molar-refractivity contribution in [2.75, 3.05) is 11.9 Å². The van der Waals surface area contributed by atoms with E-state index in [-0.39, 0.29) is 11.7 Å². The number of carbonyl (C=O) groups is 2. The molecule has 2 aromatic carbocycles. The molecule has 2 aromatic rings. The number of carbonyl (C=O) groups excluding carboxylic acids is 1. The number of ether oxygens (including phenoxy) is 1. The highest BCUT2D eigenvalue weighted by atomic mass is 19.1. The number of amides is 1. The topological polar surface area (TPSA) is 75.6 Å². The average Bonchev–Trinajstić information content (AvgIpc) is 3.36. The van der Waals surface area contributed by atoms with Crippen LogP contribution < -0.4 is 10.1 Å². The number of halogens is 1. The minimum absolute atomic E-state index is 0.161. The molecule has 0 atom stereocenters. The van der Waals surface area contributed by atoms with Gasteiger partial charge in [-0.05, 0) is 43.0 Å². The quantitative estimate of drug-likeness (QED) is 0.809. The molecule has 0 aromatic heterocycles. The van der Waals surface area contributed by atoms with Gasteiger partial charge in [0, 0.05) is 11.8 Å². The largest absolute Gasteiger partial charge is 0.482 e. The fraction of sp³-hybridized carbons (Fsp3) is 0.263. The number of anilines is 1. The molecule has 0 heterocycles. The second-order valence-electron chi connectivity index (χ2n) is 6.21. The molecule has 1 saturated carbocycles. The number of benzene rings is 2. The van der Waals surface area contributed by atoms with Crippen molar-refractivity contribution >= 4 is 17.6 Å². The normalized spacial score (nSPS) is 14.6. The van der Waals surface area contributed by atoms with Gasteiger partial charge in [-0.25, -0.2) is 9.18 Å². The summed E-state index contributed by atoms with van der Waals surface area (Å²) in [6, 6.07) is 13.0. The Labute approximate surface area is 144 Å². The average molecular weight is 343 g/mol. The van der Waals surface area contributed by atoms with Crippen LogP contribution in [-0.2, 0) is 16.0 Å². The molecule has 1 amide bonds. The Balaban J connectivity index is 1.67. The maximum Gasteiger partial charge on any atom is 0.341 e. The molecule has 130 valence electrons. The van der Waals surface area contributed by atoms with E-state index in [1.165, 1.54) is 6.07 Å². The molecular formula is C19H18FNO4. The maximum absolute atomic E-state index is 13.8. The van der Waals surface area contributed by atoms with Gasteiger partial charge in [0.05, 0.1) is 5.41 Å². The van der Waals surface area contributed by atoms with E-state index in [4.69, 9.17) is 9.84 Å². The third-order valence-electron chi connectivity index (χ3n) is 4.28. The van der Waals surface area contributed by atoms with Gasteiger partial charge in [-0.1, -0.05) is 24.3 Å². The Morgan fingerprint density at radius 2 is 1.92 bits per heavy atom. The Bertz CT molecular complexity index is 802. The number of carboxylic acid groups (broad SMARTS) is 1. The Morgan fingerprint density at radius 1 is 1.16 bits per heavy atom. The van der Waals surface area contributed by atoms with Gasteiger partial charge in [0.15, 0.2) is 6.61 Å². The van der Waals surface area contributed by atoms with E-state index < -0.39 is 18.0 Å². The molecule has 0 aliphatic heterocycles. The van der Waals surface area contributed by atoms with Crippen LogP contribution in [0.1, 0.15) is 18.4 Å². The van der Waals surface area contributed by atoms with Crippen LogP contribution in [0.3, 0.4) is 0 Å². The second kappa shape index (κ2) is 6.93. The van der Waals surface area contributed by atoms with Crippen molar-refractivity contribution in [3.05, 3.63) is 59.9 Å². The van der Waals surface area contributed by atoms with Crippen LogP contribution in [0.4, 0.5) is 10.1 Å². The van der Waals surface area contributed by atoms with E-state index in [1.54, 1.807) is 42.5 Å². The summed E-state index contributed by atoms with van der Waals surface area (Å²) in [5, 5.41) is 11.5. The van der Waals surface area contributed by atoms with Crippen molar-refractivity contribution in [2.45, 2.75) is 19.3 Å². The van der Waals surface area contributed by atoms with Gasteiger partial charge in [0.2, 0.25) is 5.91 Å². The number of rotatable bonds is 7. The molecule has 6 heteroatoms. The number of nitrogens with one attached hydrogen (secondary N) is 1. The van der Waals surface area contributed by atoms with Crippen LogP contribution in [0.5, 0.6) is 5.75 Å². The zero-order chi connectivity index (χ0) is 17.9. The first-order valence-electron chi connectivity index (χ1n) is 7.98. The van der Waals surface area contributed by atoms with Crippen LogP contribution in [0.25, 0.3) is 0 Å². The molecule has 0 radical (unpaired) electrons. The zero-order valence-electron chi connectivity index (χ0n) is 13.5. The van der Waals surface area contributed by atoms with Gasteiger partial charge in [0.25, 0.3) is 0 Å². The number of carboxylic acids is 1.